The molecule has 0 amide bonds. The highest BCUT2D eigenvalue weighted by Crippen LogP contribution is 1.92. The predicted octanol–water partition coefficient (Wildman–Crippen LogP) is 1.06. The van der Waals surface area contributed by atoms with Crippen molar-refractivity contribution in [3.05, 3.63) is 12.2 Å². The van der Waals surface area contributed by atoms with Crippen LogP contribution in [0, 0.1) is 11.8 Å². The third-order valence-electron chi connectivity index (χ3n) is 1.29. The lowest BCUT2D eigenvalue weighted by Crippen LogP contribution is -2.05. The summed E-state index contributed by atoms with van der Waals surface area (Å²) in [5, 5.41) is 0. The summed E-state index contributed by atoms with van der Waals surface area (Å²) in [6, 6.07) is 0. The Bertz CT molecular complexity index is 306. The molecular weight excluding hydrogens is 196 g/mol. The van der Waals surface area contributed by atoms with E-state index in [4.69, 9.17) is 0 Å². The fourth-order valence-electron chi connectivity index (χ4n) is 0.684. The normalized spacial score (nSPS) is 8.40. The Morgan fingerprint density at radius 3 is 2.53 bits per heavy atom. The summed E-state index contributed by atoms with van der Waals surface area (Å²) in [5.41, 5.74) is 0.111. The van der Waals surface area contributed by atoms with Gasteiger partial charge in [-0.05, 0) is 6.92 Å². The van der Waals surface area contributed by atoms with Crippen LogP contribution in [0.15, 0.2) is 12.2 Å². The maximum absolute atomic E-state index is 11.0. The smallest absolute Gasteiger partial charge is 0.346 e. The fourth-order valence-corrected chi connectivity index (χ4v) is 0.684. The van der Waals surface area contributed by atoms with Crippen LogP contribution in [-0.2, 0) is 19.1 Å². The molecule has 0 atom stereocenters. The van der Waals surface area contributed by atoms with Crippen LogP contribution in [-0.4, -0.2) is 25.2 Å². The van der Waals surface area contributed by atoms with E-state index in [1.165, 1.54) is 6.92 Å². The lowest BCUT2D eigenvalue weighted by Gasteiger charge is -1.97. The molecule has 0 unspecified atom stereocenters. The van der Waals surface area contributed by atoms with Crippen molar-refractivity contribution in [3.63, 3.8) is 0 Å². The van der Waals surface area contributed by atoms with Crippen molar-refractivity contribution in [1.29, 1.82) is 0 Å². The van der Waals surface area contributed by atoms with Crippen LogP contribution < -0.4 is 0 Å². The number of rotatable bonds is 4. The first kappa shape index (κ1) is 13.2. The molecule has 0 fully saturated rings. The van der Waals surface area contributed by atoms with Crippen molar-refractivity contribution in [3.8, 4) is 11.8 Å². The number of ether oxygens (including phenoxy) is 2. The first-order valence-electron chi connectivity index (χ1n) is 4.56. The van der Waals surface area contributed by atoms with Crippen LogP contribution in [0.4, 0.5) is 0 Å². The van der Waals surface area contributed by atoms with Gasteiger partial charge in [-0.15, -0.1) is 0 Å². The van der Waals surface area contributed by atoms with Crippen molar-refractivity contribution in [1.82, 2.24) is 0 Å². The molecule has 0 heterocycles. The Morgan fingerprint density at radius 1 is 1.33 bits per heavy atom. The van der Waals surface area contributed by atoms with Gasteiger partial charge >= 0.3 is 11.9 Å². The second kappa shape index (κ2) is 7.63. The van der Waals surface area contributed by atoms with E-state index in [9.17, 15) is 9.59 Å². The largest absolute Gasteiger partial charge is 0.465 e. The van der Waals surface area contributed by atoms with E-state index in [1.807, 2.05) is 0 Å². The van der Waals surface area contributed by atoms with Crippen LogP contribution in [0.25, 0.3) is 0 Å². The molecule has 82 valence electrons. The topological polar surface area (TPSA) is 52.6 Å². The van der Waals surface area contributed by atoms with Gasteiger partial charge in [-0.1, -0.05) is 18.4 Å². The molecule has 15 heavy (non-hydrogen) atoms. The molecule has 0 aromatic heterocycles. The SMILES string of the molecule is C=C(C#CCCOC(C)=O)C(=O)OCC. The molecule has 0 aliphatic heterocycles. The molecule has 0 aromatic rings. The first-order valence-corrected chi connectivity index (χ1v) is 4.56. The average Bonchev–Trinajstić information content (AvgIpc) is 2.16. The highest BCUT2D eigenvalue weighted by Gasteiger charge is 2.02. The van der Waals surface area contributed by atoms with E-state index in [1.54, 1.807) is 6.92 Å². The molecule has 0 saturated heterocycles. The molecule has 0 spiro atoms. The van der Waals surface area contributed by atoms with Gasteiger partial charge in [0.25, 0.3) is 0 Å². The predicted molar refractivity (Wildman–Crippen MR) is 54.8 cm³/mol. The van der Waals surface area contributed by atoms with Gasteiger partial charge in [-0.25, -0.2) is 4.79 Å². The third kappa shape index (κ3) is 7.32. The van der Waals surface area contributed by atoms with E-state index < -0.39 is 5.97 Å². The monoisotopic (exact) mass is 210 g/mol. The van der Waals surface area contributed by atoms with Crippen LogP contribution in [0.5, 0.6) is 0 Å². The van der Waals surface area contributed by atoms with E-state index in [-0.39, 0.29) is 18.1 Å². The van der Waals surface area contributed by atoms with Crippen molar-refractivity contribution < 1.29 is 19.1 Å². The summed E-state index contributed by atoms with van der Waals surface area (Å²) in [6.45, 7) is 7.00. The summed E-state index contributed by atoms with van der Waals surface area (Å²) in [6.07, 6.45) is 0.373. The molecule has 0 rings (SSSR count). The van der Waals surface area contributed by atoms with E-state index in [0.717, 1.165) is 0 Å². The minimum Gasteiger partial charge on any atom is -0.465 e. The van der Waals surface area contributed by atoms with Crippen molar-refractivity contribution in [2.24, 2.45) is 0 Å². The van der Waals surface area contributed by atoms with Crippen molar-refractivity contribution in [2.45, 2.75) is 20.3 Å². The maximum atomic E-state index is 11.0. The number of hydrogen-bond acceptors (Lipinski definition) is 4. The van der Waals surface area contributed by atoms with Crippen molar-refractivity contribution in [2.75, 3.05) is 13.2 Å². The third-order valence-corrected chi connectivity index (χ3v) is 1.29. The lowest BCUT2D eigenvalue weighted by atomic mass is 10.3. The van der Waals surface area contributed by atoms with E-state index in [0.29, 0.717) is 13.0 Å². The Hall–Kier alpha value is -1.76. The van der Waals surface area contributed by atoms with Crippen LogP contribution in [0.3, 0.4) is 0 Å². The molecule has 0 saturated carbocycles. The molecule has 4 nitrogen and oxygen atoms in total. The maximum Gasteiger partial charge on any atom is 0.346 e. The van der Waals surface area contributed by atoms with Crippen LogP contribution in [0.1, 0.15) is 20.3 Å². The quantitative estimate of drug-likeness (QED) is 0.301. The van der Waals surface area contributed by atoms with Gasteiger partial charge in [-0.2, -0.15) is 0 Å². The average molecular weight is 210 g/mol. The highest BCUT2D eigenvalue weighted by molar-refractivity contribution is 5.92. The van der Waals surface area contributed by atoms with Crippen LogP contribution >= 0.6 is 0 Å². The van der Waals surface area contributed by atoms with Gasteiger partial charge in [0, 0.05) is 13.3 Å². The number of carbonyl (C=O) groups excluding carboxylic acids is 2. The molecular formula is C11H14O4. The standard InChI is InChI=1S/C11H14O4/c1-4-14-11(13)9(2)7-5-6-8-15-10(3)12/h2,4,6,8H2,1,3H3. The fraction of sp³-hybridized carbons (Fsp3) is 0.455. The minimum atomic E-state index is -0.516. The summed E-state index contributed by atoms with van der Waals surface area (Å²) in [7, 11) is 0. The summed E-state index contributed by atoms with van der Waals surface area (Å²) >= 11 is 0. The second-order valence-corrected chi connectivity index (χ2v) is 2.59. The van der Waals surface area contributed by atoms with E-state index in [2.05, 4.69) is 27.9 Å². The minimum absolute atomic E-state index is 0.111. The van der Waals surface area contributed by atoms with Gasteiger partial charge in [0.15, 0.2) is 0 Å². The zero-order chi connectivity index (χ0) is 11.7. The number of esters is 2. The number of hydrogen-bond donors (Lipinski definition) is 0. The summed E-state index contributed by atoms with van der Waals surface area (Å²) in [5.74, 6) is 4.32. The molecule has 0 N–H and O–H groups in total. The zero-order valence-electron chi connectivity index (χ0n) is 8.96. The Balaban J connectivity index is 3.81. The van der Waals surface area contributed by atoms with Gasteiger partial charge in [-0.3, -0.25) is 4.79 Å². The Labute approximate surface area is 89.2 Å². The van der Waals surface area contributed by atoms with Crippen molar-refractivity contribution >= 4 is 11.9 Å². The second-order valence-electron chi connectivity index (χ2n) is 2.59. The van der Waals surface area contributed by atoms with E-state index >= 15 is 0 Å². The zero-order valence-corrected chi connectivity index (χ0v) is 8.96. The molecule has 0 aliphatic rings. The first-order chi connectivity index (χ1) is 7.07. The van der Waals surface area contributed by atoms with Gasteiger partial charge in [0.1, 0.15) is 12.2 Å². The van der Waals surface area contributed by atoms with Crippen LogP contribution in [0.2, 0.25) is 0 Å². The van der Waals surface area contributed by atoms with Gasteiger partial charge < -0.3 is 9.47 Å². The molecule has 4 heteroatoms. The summed E-state index contributed by atoms with van der Waals surface area (Å²) in [4.78, 5) is 21.4. The highest BCUT2D eigenvalue weighted by atomic mass is 16.5. The summed E-state index contributed by atoms with van der Waals surface area (Å²) < 4.78 is 9.32. The molecule has 0 bridgehead atoms. The van der Waals surface area contributed by atoms with Gasteiger partial charge in [0.2, 0.25) is 0 Å². The molecule has 0 aromatic carbocycles. The lowest BCUT2D eigenvalue weighted by molar-refractivity contribution is -0.141. The number of carbonyl (C=O) groups is 2. The Kier molecular flexibility index (Phi) is 6.73. The molecule has 0 radical (unpaired) electrons. The van der Waals surface area contributed by atoms with Gasteiger partial charge in [0.05, 0.1) is 6.61 Å². The Morgan fingerprint density at radius 2 is 2.00 bits per heavy atom. The molecule has 0 aliphatic carbocycles.